The van der Waals surface area contributed by atoms with Crippen molar-refractivity contribution in [3.05, 3.63) is 0 Å². The third-order valence-corrected chi connectivity index (χ3v) is 4.55. The Balaban J connectivity index is 1.87. The van der Waals surface area contributed by atoms with Gasteiger partial charge in [0, 0.05) is 6.61 Å². The molecule has 5 heteroatoms. The second-order valence-electron chi connectivity index (χ2n) is 4.74. The van der Waals surface area contributed by atoms with Gasteiger partial charge in [0.15, 0.2) is 0 Å². The van der Waals surface area contributed by atoms with Crippen LogP contribution in [0.1, 0.15) is 19.8 Å². The van der Waals surface area contributed by atoms with Crippen molar-refractivity contribution in [3.8, 4) is 0 Å². The molecule has 16 heavy (non-hydrogen) atoms. The first kappa shape index (κ1) is 14.1. The van der Waals surface area contributed by atoms with Gasteiger partial charge in [0.25, 0.3) is 0 Å². The van der Waals surface area contributed by atoms with E-state index in [1.54, 1.807) is 0 Å². The molecular formula is C11H24O4Si. The van der Waals surface area contributed by atoms with E-state index >= 15 is 0 Å². The highest BCUT2D eigenvalue weighted by atomic mass is 28.4. The van der Waals surface area contributed by atoms with E-state index in [9.17, 15) is 0 Å². The van der Waals surface area contributed by atoms with Crippen molar-refractivity contribution in [1.29, 1.82) is 0 Å². The van der Waals surface area contributed by atoms with E-state index in [0.717, 1.165) is 38.7 Å². The molecule has 0 saturated carbocycles. The van der Waals surface area contributed by atoms with E-state index in [2.05, 4.69) is 13.1 Å². The van der Waals surface area contributed by atoms with Gasteiger partial charge in [-0.3, -0.25) is 4.58 Å². The second kappa shape index (κ2) is 7.40. The minimum absolute atomic E-state index is 0.382. The molecule has 1 aliphatic heterocycles. The topological polar surface area (TPSA) is 40.2 Å². The molecule has 4 nitrogen and oxygen atoms in total. The lowest BCUT2D eigenvalue weighted by Gasteiger charge is -2.20. The fourth-order valence-electron chi connectivity index (χ4n) is 1.39. The molecule has 0 N–H and O–H groups in total. The maximum atomic E-state index is 5.47. The average Bonchev–Trinajstić information content (AvgIpc) is 3.04. The Labute approximate surface area is 99.3 Å². The molecule has 1 unspecified atom stereocenters. The van der Waals surface area contributed by atoms with Gasteiger partial charge >= 0.3 is 0 Å². The van der Waals surface area contributed by atoms with Gasteiger partial charge in [-0.05, 0) is 32.5 Å². The SMILES string of the molecule is CCOO[Si](C)(C)CCCCOCC1CO1. The van der Waals surface area contributed by atoms with E-state index in [4.69, 9.17) is 18.9 Å². The first-order valence-corrected chi connectivity index (χ1v) is 9.25. The van der Waals surface area contributed by atoms with Crippen molar-refractivity contribution in [2.45, 2.75) is 45.0 Å². The summed E-state index contributed by atoms with van der Waals surface area (Å²) in [5.41, 5.74) is 0. The summed E-state index contributed by atoms with van der Waals surface area (Å²) < 4.78 is 15.9. The van der Waals surface area contributed by atoms with E-state index < -0.39 is 8.32 Å². The number of unbranched alkanes of at least 4 members (excludes halogenated alkanes) is 1. The van der Waals surface area contributed by atoms with Crippen LogP contribution in [0.5, 0.6) is 0 Å². The normalized spacial score (nSPS) is 20.1. The van der Waals surface area contributed by atoms with Gasteiger partial charge in [-0.1, -0.05) is 6.42 Å². The monoisotopic (exact) mass is 248 g/mol. The molecule has 1 fully saturated rings. The molecule has 0 amide bonds. The fourth-order valence-corrected chi connectivity index (χ4v) is 3.02. The third kappa shape index (κ3) is 7.35. The van der Waals surface area contributed by atoms with Crippen molar-refractivity contribution in [2.75, 3.05) is 26.4 Å². The molecular weight excluding hydrogens is 224 g/mol. The molecule has 0 aliphatic carbocycles. The predicted octanol–water partition coefficient (Wildman–Crippen LogP) is 2.36. The quantitative estimate of drug-likeness (QED) is 0.196. The van der Waals surface area contributed by atoms with Crippen LogP contribution in [0.3, 0.4) is 0 Å². The van der Waals surface area contributed by atoms with Crippen molar-refractivity contribution >= 4 is 8.32 Å². The number of hydrogen-bond donors (Lipinski definition) is 0. The fraction of sp³-hybridized carbons (Fsp3) is 1.00. The lowest BCUT2D eigenvalue weighted by Crippen LogP contribution is -2.30. The lowest BCUT2D eigenvalue weighted by molar-refractivity contribution is -0.213. The van der Waals surface area contributed by atoms with Crippen LogP contribution in [-0.4, -0.2) is 40.8 Å². The van der Waals surface area contributed by atoms with Crippen LogP contribution in [0, 0.1) is 0 Å². The molecule has 1 atom stereocenters. The number of ether oxygens (including phenoxy) is 2. The van der Waals surface area contributed by atoms with Crippen molar-refractivity contribution in [1.82, 2.24) is 0 Å². The molecule has 1 heterocycles. The molecule has 96 valence electrons. The Bertz CT molecular complexity index is 183. The van der Waals surface area contributed by atoms with E-state index in [0.29, 0.717) is 12.7 Å². The Morgan fingerprint density at radius 2 is 2.06 bits per heavy atom. The second-order valence-corrected chi connectivity index (χ2v) is 8.92. The summed E-state index contributed by atoms with van der Waals surface area (Å²) in [4.78, 5) is 5.03. The Morgan fingerprint density at radius 1 is 1.31 bits per heavy atom. The van der Waals surface area contributed by atoms with Crippen molar-refractivity contribution in [2.24, 2.45) is 0 Å². The summed E-state index contributed by atoms with van der Waals surface area (Å²) in [5.74, 6) is 0. The van der Waals surface area contributed by atoms with E-state index in [-0.39, 0.29) is 0 Å². The predicted molar refractivity (Wildman–Crippen MR) is 64.8 cm³/mol. The van der Waals surface area contributed by atoms with Gasteiger partial charge < -0.3 is 9.47 Å². The van der Waals surface area contributed by atoms with Crippen LogP contribution in [0.15, 0.2) is 0 Å². The smallest absolute Gasteiger partial charge is 0.233 e. The summed E-state index contributed by atoms with van der Waals surface area (Å²) in [6, 6.07) is 1.12. The van der Waals surface area contributed by atoms with Gasteiger partial charge in [-0.2, -0.15) is 0 Å². The zero-order chi connectivity index (χ0) is 11.9. The maximum absolute atomic E-state index is 5.47. The highest BCUT2D eigenvalue weighted by molar-refractivity contribution is 6.70. The zero-order valence-corrected chi connectivity index (χ0v) is 11.7. The van der Waals surface area contributed by atoms with E-state index in [1.807, 2.05) is 6.92 Å². The molecule has 1 aliphatic rings. The molecule has 0 aromatic rings. The summed E-state index contributed by atoms with van der Waals surface area (Å²) in [6.45, 7) is 9.40. The molecule has 1 saturated heterocycles. The molecule has 1 rings (SSSR count). The standard InChI is InChI=1S/C11H24O4Si/c1-4-14-15-16(2,3)8-6-5-7-12-9-11-10-13-11/h11H,4-10H2,1-3H3. The van der Waals surface area contributed by atoms with Gasteiger partial charge in [0.1, 0.15) is 6.10 Å². The maximum Gasteiger partial charge on any atom is 0.233 e. The van der Waals surface area contributed by atoms with Crippen molar-refractivity contribution in [3.63, 3.8) is 0 Å². The minimum atomic E-state index is -1.60. The van der Waals surface area contributed by atoms with Crippen LogP contribution in [0.2, 0.25) is 19.1 Å². The Kier molecular flexibility index (Phi) is 6.53. The third-order valence-electron chi connectivity index (χ3n) is 2.43. The summed E-state index contributed by atoms with van der Waals surface area (Å²) in [7, 11) is -1.60. The molecule has 0 aromatic heterocycles. The summed E-state index contributed by atoms with van der Waals surface area (Å²) in [5, 5.41) is 0. The largest absolute Gasteiger partial charge is 0.379 e. The Hall–Kier alpha value is 0.0569. The highest BCUT2D eigenvalue weighted by Gasteiger charge is 2.24. The highest BCUT2D eigenvalue weighted by Crippen LogP contribution is 2.16. The van der Waals surface area contributed by atoms with Crippen LogP contribution < -0.4 is 0 Å². The van der Waals surface area contributed by atoms with E-state index in [1.165, 1.54) is 0 Å². The molecule has 0 spiro atoms. The van der Waals surface area contributed by atoms with Gasteiger partial charge in [0.05, 0.1) is 19.8 Å². The van der Waals surface area contributed by atoms with Crippen LogP contribution >= 0.6 is 0 Å². The summed E-state index contributed by atoms with van der Waals surface area (Å²) in [6.07, 6.45) is 2.63. The molecule has 0 aromatic carbocycles. The van der Waals surface area contributed by atoms with Crippen molar-refractivity contribution < 1.29 is 18.9 Å². The van der Waals surface area contributed by atoms with Gasteiger partial charge in [-0.25, -0.2) is 4.89 Å². The molecule has 0 radical (unpaired) electrons. The number of rotatable bonds is 10. The average molecular weight is 248 g/mol. The zero-order valence-electron chi connectivity index (χ0n) is 10.7. The van der Waals surface area contributed by atoms with Gasteiger partial charge in [0.2, 0.25) is 8.32 Å². The Morgan fingerprint density at radius 3 is 2.69 bits per heavy atom. The van der Waals surface area contributed by atoms with Crippen LogP contribution in [-0.2, 0) is 18.9 Å². The van der Waals surface area contributed by atoms with Gasteiger partial charge in [-0.15, -0.1) is 0 Å². The number of hydrogen-bond acceptors (Lipinski definition) is 4. The first-order chi connectivity index (χ1) is 7.64. The van der Waals surface area contributed by atoms with Crippen LogP contribution in [0.25, 0.3) is 0 Å². The first-order valence-electron chi connectivity index (χ1n) is 6.14. The minimum Gasteiger partial charge on any atom is -0.379 e. The van der Waals surface area contributed by atoms with Crippen LogP contribution in [0.4, 0.5) is 0 Å². The summed E-state index contributed by atoms with van der Waals surface area (Å²) >= 11 is 0. The lowest BCUT2D eigenvalue weighted by atomic mass is 10.3. The number of epoxide rings is 1. The molecule has 0 bridgehead atoms.